The third kappa shape index (κ3) is 6.40. The summed E-state index contributed by atoms with van der Waals surface area (Å²) in [6, 6.07) is 0.509. The van der Waals surface area contributed by atoms with Crippen LogP contribution in [0.5, 0.6) is 0 Å². The van der Waals surface area contributed by atoms with Crippen molar-refractivity contribution in [2.45, 2.75) is 117 Å². The van der Waals surface area contributed by atoms with E-state index in [1.165, 1.54) is 44.9 Å². The van der Waals surface area contributed by atoms with Crippen LogP contribution in [0.25, 0.3) is 0 Å². The van der Waals surface area contributed by atoms with Gasteiger partial charge in [-0.15, -0.1) is 0 Å². The van der Waals surface area contributed by atoms with Gasteiger partial charge in [0, 0.05) is 12.0 Å². The number of rotatable bonds is 4. The number of hydrogen-bond acceptors (Lipinski definition) is 3. The number of aliphatic hydroxyl groups excluding tert-OH is 1. The van der Waals surface area contributed by atoms with Gasteiger partial charge in [0.2, 0.25) is 0 Å². The Hall–Kier alpha value is -0.190. The quantitative estimate of drug-likeness (QED) is 0.649. The standard InChI is InChI=1S/C20H37NO2.C2H6.CH3F/c1-5-15-16(19(22)21-17(15)6-2)12-13-7-8-18-14(11-13)9-10-20(3,4)23-18;2*1-2/h13-19,21-22H,5-12H2,1-4H3;1-2H3;1H3. The van der Waals surface area contributed by atoms with Gasteiger partial charge < -0.3 is 9.84 Å². The van der Waals surface area contributed by atoms with Gasteiger partial charge in [-0.3, -0.25) is 9.71 Å². The lowest BCUT2D eigenvalue weighted by molar-refractivity contribution is -0.153. The molecule has 3 fully saturated rings. The maximum Gasteiger partial charge on any atom is 0.108 e. The number of ether oxygens (including phenoxy) is 1. The lowest BCUT2D eigenvalue weighted by Crippen LogP contribution is -2.44. The molecule has 3 nitrogen and oxygen atoms in total. The molecule has 2 saturated heterocycles. The molecule has 0 aromatic rings. The molecule has 4 heteroatoms. The molecular weight excluding hydrogens is 341 g/mol. The van der Waals surface area contributed by atoms with Gasteiger partial charge in [-0.1, -0.05) is 34.1 Å². The van der Waals surface area contributed by atoms with Gasteiger partial charge in [0.05, 0.1) is 18.9 Å². The summed E-state index contributed by atoms with van der Waals surface area (Å²) in [4.78, 5) is 0. The number of alkyl halides is 1. The Morgan fingerprint density at radius 3 is 2.30 bits per heavy atom. The molecular formula is C23H46FNO2. The predicted molar refractivity (Wildman–Crippen MR) is 113 cm³/mol. The summed E-state index contributed by atoms with van der Waals surface area (Å²) in [5.41, 5.74) is 0.0845. The molecule has 162 valence electrons. The lowest BCUT2D eigenvalue weighted by atomic mass is 9.70. The molecule has 2 aliphatic heterocycles. The topological polar surface area (TPSA) is 41.5 Å². The van der Waals surface area contributed by atoms with Gasteiger partial charge in [-0.25, -0.2) is 0 Å². The van der Waals surface area contributed by atoms with Gasteiger partial charge in [0.1, 0.15) is 6.23 Å². The number of aliphatic hydroxyl groups is 1. The zero-order valence-corrected chi connectivity index (χ0v) is 18.9. The minimum atomic E-state index is -0.288. The van der Waals surface area contributed by atoms with Gasteiger partial charge >= 0.3 is 0 Å². The number of halogens is 1. The number of fused-ring (bicyclic) bond motifs is 1. The van der Waals surface area contributed by atoms with Crippen molar-refractivity contribution in [1.82, 2.24) is 5.32 Å². The van der Waals surface area contributed by atoms with Crippen molar-refractivity contribution in [2.24, 2.45) is 23.7 Å². The summed E-state index contributed by atoms with van der Waals surface area (Å²) in [6.45, 7) is 13.0. The molecule has 27 heavy (non-hydrogen) atoms. The van der Waals surface area contributed by atoms with Crippen LogP contribution in [0.3, 0.4) is 0 Å². The fourth-order valence-electron chi connectivity index (χ4n) is 5.70. The van der Waals surface area contributed by atoms with Gasteiger partial charge in [-0.05, 0) is 76.5 Å². The summed E-state index contributed by atoms with van der Waals surface area (Å²) in [7, 11) is 0.500. The highest BCUT2D eigenvalue weighted by molar-refractivity contribution is 4.95. The molecule has 3 aliphatic rings. The number of nitrogens with one attached hydrogen (secondary N) is 1. The van der Waals surface area contributed by atoms with Crippen molar-refractivity contribution >= 4 is 0 Å². The molecule has 2 heterocycles. The Balaban J connectivity index is 0.000000855. The van der Waals surface area contributed by atoms with Crippen molar-refractivity contribution in [3.8, 4) is 0 Å². The fraction of sp³-hybridized carbons (Fsp3) is 1.00. The van der Waals surface area contributed by atoms with Crippen molar-refractivity contribution in [1.29, 1.82) is 0 Å². The minimum absolute atomic E-state index is 0.0845. The zero-order valence-electron chi connectivity index (χ0n) is 18.9. The van der Waals surface area contributed by atoms with E-state index in [0.29, 0.717) is 31.2 Å². The van der Waals surface area contributed by atoms with Crippen LogP contribution in [0.2, 0.25) is 0 Å². The zero-order chi connectivity index (χ0) is 20.6. The third-order valence-corrected chi connectivity index (χ3v) is 6.98. The lowest BCUT2D eigenvalue weighted by Gasteiger charge is -2.46. The largest absolute Gasteiger partial charge is 0.378 e. The Morgan fingerprint density at radius 2 is 1.70 bits per heavy atom. The van der Waals surface area contributed by atoms with Gasteiger partial charge in [0.25, 0.3) is 0 Å². The molecule has 0 aromatic carbocycles. The smallest absolute Gasteiger partial charge is 0.108 e. The highest BCUT2D eigenvalue weighted by atomic mass is 19.1. The molecule has 0 spiro atoms. The highest BCUT2D eigenvalue weighted by Gasteiger charge is 2.44. The van der Waals surface area contributed by atoms with Crippen LogP contribution in [0.1, 0.15) is 92.9 Å². The molecule has 7 atom stereocenters. The Bertz CT molecular complexity index is 404. The van der Waals surface area contributed by atoms with E-state index in [1.54, 1.807) is 0 Å². The summed E-state index contributed by atoms with van der Waals surface area (Å²) in [6.07, 6.45) is 10.1. The molecule has 1 saturated carbocycles. The molecule has 2 N–H and O–H groups in total. The molecule has 3 rings (SSSR count). The van der Waals surface area contributed by atoms with E-state index in [4.69, 9.17) is 4.74 Å². The second-order valence-corrected chi connectivity index (χ2v) is 8.99. The van der Waals surface area contributed by atoms with E-state index in [9.17, 15) is 9.50 Å². The molecule has 1 aliphatic carbocycles. The van der Waals surface area contributed by atoms with Crippen LogP contribution in [-0.4, -0.2) is 36.3 Å². The maximum absolute atomic E-state index is 10.5. The van der Waals surface area contributed by atoms with Crippen LogP contribution in [0, 0.1) is 23.7 Å². The first-order valence-corrected chi connectivity index (χ1v) is 11.4. The third-order valence-electron chi connectivity index (χ3n) is 6.98. The molecule has 0 amide bonds. The van der Waals surface area contributed by atoms with Crippen LogP contribution < -0.4 is 5.32 Å². The summed E-state index contributed by atoms with van der Waals surface area (Å²) >= 11 is 0. The molecule has 0 aromatic heterocycles. The Labute approximate surface area is 167 Å². The first kappa shape index (κ1) is 24.8. The van der Waals surface area contributed by atoms with Crippen LogP contribution in [0.15, 0.2) is 0 Å². The highest BCUT2D eigenvalue weighted by Crippen LogP contribution is 2.45. The van der Waals surface area contributed by atoms with E-state index in [-0.39, 0.29) is 11.8 Å². The van der Waals surface area contributed by atoms with Crippen molar-refractivity contribution in [2.75, 3.05) is 7.18 Å². The van der Waals surface area contributed by atoms with E-state index in [1.807, 2.05) is 13.8 Å². The monoisotopic (exact) mass is 387 g/mol. The van der Waals surface area contributed by atoms with Gasteiger partial charge in [-0.2, -0.15) is 0 Å². The fourth-order valence-corrected chi connectivity index (χ4v) is 5.70. The van der Waals surface area contributed by atoms with Crippen LogP contribution in [0.4, 0.5) is 4.39 Å². The van der Waals surface area contributed by atoms with E-state index < -0.39 is 0 Å². The van der Waals surface area contributed by atoms with E-state index in [2.05, 4.69) is 33.0 Å². The SMILES string of the molecule is CC.CCC1NC(O)C(CC2CCC3OC(C)(C)CCC3C2)C1CC.CF. The maximum atomic E-state index is 10.5. The second kappa shape index (κ2) is 11.7. The predicted octanol–water partition coefficient (Wildman–Crippen LogP) is 5.70. The Kier molecular flexibility index (Phi) is 10.8. The normalized spacial score (nSPS) is 40.1. The molecule has 0 radical (unpaired) electrons. The second-order valence-electron chi connectivity index (χ2n) is 8.99. The average Bonchev–Trinajstić information content (AvgIpc) is 2.99. The first-order valence-electron chi connectivity index (χ1n) is 11.4. The van der Waals surface area contributed by atoms with Crippen LogP contribution >= 0.6 is 0 Å². The van der Waals surface area contributed by atoms with Crippen molar-refractivity contribution in [3.05, 3.63) is 0 Å². The average molecular weight is 388 g/mol. The minimum Gasteiger partial charge on any atom is -0.378 e. The van der Waals surface area contributed by atoms with Crippen molar-refractivity contribution < 1.29 is 14.2 Å². The summed E-state index contributed by atoms with van der Waals surface area (Å²) in [5, 5.41) is 13.9. The molecule has 0 bridgehead atoms. The van der Waals surface area contributed by atoms with Gasteiger partial charge in [0.15, 0.2) is 0 Å². The van der Waals surface area contributed by atoms with Crippen molar-refractivity contribution in [3.63, 3.8) is 0 Å². The van der Waals surface area contributed by atoms with E-state index >= 15 is 0 Å². The van der Waals surface area contributed by atoms with Crippen LogP contribution in [-0.2, 0) is 4.74 Å². The first-order chi connectivity index (χ1) is 12.9. The number of hydrogen-bond donors (Lipinski definition) is 2. The Morgan fingerprint density at radius 1 is 1.04 bits per heavy atom. The summed E-state index contributed by atoms with van der Waals surface area (Å²) < 4.78 is 15.8. The molecule has 7 unspecified atom stereocenters. The summed E-state index contributed by atoms with van der Waals surface area (Å²) in [5.74, 6) is 2.64. The van der Waals surface area contributed by atoms with E-state index in [0.717, 1.165) is 18.3 Å².